The summed E-state index contributed by atoms with van der Waals surface area (Å²) in [5.41, 5.74) is -1.52. The Morgan fingerprint density at radius 3 is 2.24 bits per heavy atom. The van der Waals surface area contributed by atoms with Gasteiger partial charge in [0.15, 0.2) is 23.3 Å². The van der Waals surface area contributed by atoms with E-state index in [0.29, 0.717) is 0 Å². The number of hydrogen-bond acceptors (Lipinski definition) is 3. The summed E-state index contributed by atoms with van der Waals surface area (Å²) in [6.07, 6.45) is 0. The number of nitrogens with one attached hydrogen (secondary N) is 1. The summed E-state index contributed by atoms with van der Waals surface area (Å²) in [6.45, 7) is 1.70. The minimum absolute atomic E-state index is 0.182. The summed E-state index contributed by atoms with van der Waals surface area (Å²) >= 11 is 0. The largest absolute Gasteiger partial charge is 0.545 e. The van der Waals surface area contributed by atoms with Crippen LogP contribution in [0.15, 0.2) is 24.3 Å². The van der Waals surface area contributed by atoms with Crippen LogP contribution in [0.3, 0.4) is 0 Å². The SMILES string of the molecule is Cc1cccc(Nc2c(F)c(F)c(F)c(F)c2C(=O)[O-])c1. The lowest BCUT2D eigenvalue weighted by atomic mass is 10.1. The molecule has 0 aliphatic carbocycles. The number of hydrogen-bond donors (Lipinski definition) is 1. The molecule has 0 saturated carbocycles. The minimum Gasteiger partial charge on any atom is -0.545 e. The summed E-state index contributed by atoms with van der Waals surface area (Å²) in [6, 6.07) is 6.17. The molecule has 0 heterocycles. The van der Waals surface area contributed by atoms with Gasteiger partial charge in [-0.1, -0.05) is 12.1 Å². The third kappa shape index (κ3) is 2.67. The first-order valence-electron chi connectivity index (χ1n) is 5.74. The smallest absolute Gasteiger partial charge is 0.199 e. The van der Waals surface area contributed by atoms with E-state index in [1.807, 2.05) is 0 Å². The van der Waals surface area contributed by atoms with Gasteiger partial charge in [-0.05, 0) is 24.6 Å². The molecule has 0 saturated heterocycles. The van der Waals surface area contributed by atoms with Crippen molar-refractivity contribution in [2.24, 2.45) is 0 Å². The second-order valence-corrected chi connectivity index (χ2v) is 4.29. The number of benzene rings is 2. The molecular formula is C14H8F4NO2-. The van der Waals surface area contributed by atoms with Crippen LogP contribution in [0.2, 0.25) is 0 Å². The molecule has 110 valence electrons. The van der Waals surface area contributed by atoms with E-state index in [4.69, 9.17) is 0 Å². The van der Waals surface area contributed by atoms with Crippen molar-refractivity contribution < 1.29 is 27.5 Å². The third-order valence-electron chi connectivity index (χ3n) is 2.76. The average molecular weight is 298 g/mol. The topological polar surface area (TPSA) is 52.2 Å². The summed E-state index contributed by atoms with van der Waals surface area (Å²) in [7, 11) is 0. The van der Waals surface area contributed by atoms with Gasteiger partial charge in [0, 0.05) is 5.69 Å². The van der Waals surface area contributed by atoms with Crippen LogP contribution in [0.1, 0.15) is 15.9 Å². The molecule has 0 fully saturated rings. The number of carboxylic acid groups (broad SMARTS) is 1. The predicted molar refractivity (Wildman–Crippen MR) is 65.1 cm³/mol. The first kappa shape index (κ1) is 14.8. The van der Waals surface area contributed by atoms with Gasteiger partial charge in [-0.15, -0.1) is 0 Å². The quantitative estimate of drug-likeness (QED) is 0.538. The van der Waals surface area contributed by atoms with Crippen molar-refractivity contribution in [2.45, 2.75) is 6.92 Å². The molecule has 0 spiro atoms. The summed E-state index contributed by atoms with van der Waals surface area (Å²) in [5.74, 6) is -10.3. The number of aryl methyl sites for hydroxylation is 1. The van der Waals surface area contributed by atoms with Crippen molar-refractivity contribution >= 4 is 17.3 Å². The van der Waals surface area contributed by atoms with Gasteiger partial charge in [0.05, 0.1) is 17.2 Å². The van der Waals surface area contributed by atoms with Crippen molar-refractivity contribution in [1.29, 1.82) is 0 Å². The molecule has 0 aromatic heterocycles. The van der Waals surface area contributed by atoms with Crippen LogP contribution in [-0.2, 0) is 0 Å². The fourth-order valence-corrected chi connectivity index (χ4v) is 1.81. The Labute approximate surface area is 116 Å². The number of carboxylic acids is 1. The Morgan fingerprint density at radius 2 is 1.67 bits per heavy atom. The Bertz CT molecular complexity index is 731. The second kappa shape index (κ2) is 5.43. The molecule has 0 bridgehead atoms. The van der Waals surface area contributed by atoms with E-state index in [9.17, 15) is 27.5 Å². The van der Waals surface area contributed by atoms with Gasteiger partial charge >= 0.3 is 0 Å². The van der Waals surface area contributed by atoms with Crippen LogP contribution in [0.25, 0.3) is 0 Å². The number of aromatic carboxylic acids is 1. The normalized spacial score (nSPS) is 10.5. The molecule has 0 radical (unpaired) electrons. The van der Waals surface area contributed by atoms with Gasteiger partial charge in [-0.2, -0.15) is 0 Å². The Morgan fingerprint density at radius 1 is 1.05 bits per heavy atom. The number of rotatable bonds is 3. The molecule has 1 N–H and O–H groups in total. The number of carbonyl (C=O) groups excluding carboxylic acids is 1. The first-order valence-corrected chi connectivity index (χ1v) is 5.74. The van der Waals surface area contributed by atoms with E-state index in [1.165, 1.54) is 12.1 Å². The van der Waals surface area contributed by atoms with Crippen molar-refractivity contribution in [3.8, 4) is 0 Å². The Kier molecular flexibility index (Phi) is 3.84. The first-order chi connectivity index (χ1) is 9.82. The lowest BCUT2D eigenvalue weighted by Crippen LogP contribution is -2.26. The van der Waals surface area contributed by atoms with E-state index in [-0.39, 0.29) is 5.69 Å². The lowest BCUT2D eigenvalue weighted by Gasteiger charge is -2.16. The fourth-order valence-electron chi connectivity index (χ4n) is 1.81. The van der Waals surface area contributed by atoms with Gasteiger partial charge in [0.2, 0.25) is 0 Å². The van der Waals surface area contributed by atoms with Crippen LogP contribution < -0.4 is 10.4 Å². The molecular weight excluding hydrogens is 290 g/mol. The zero-order valence-electron chi connectivity index (χ0n) is 10.6. The van der Waals surface area contributed by atoms with Gasteiger partial charge in [0.1, 0.15) is 0 Å². The second-order valence-electron chi connectivity index (χ2n) is 4.29. The highest BCUT2D eigenvalue weighted by Crippen LogP contribution is 2.30. The van der Waals surface area contributed by atoms with Crippen molar-refractivity contribution in [3.63, 3.8) is 0 Å². The predicted octanol–water partition coefficient (Wildman–Crippen LogP) is 2.66. The number of carbonyl (C=O) groups is 1. The molecule has 7 heteroatoms. The molecule has 3 nitrogen and oxygen atoms in total. The monoisotopic (exact) mass is 298 g/mol. The van der Waals surface area contributed by atoms with Crippen LogP contribution in [-0.4, -0.2) is 5.97 Å². The van der Waals surface area contributed by atoms with Crippen molar-refractivity contribution in [2.75, 3.05) is 5.32 Å². The van der Waals surface area contributed by atoms with E-state index in [2.05, 4.69) is 5.32 Å². The van der Waals surface area contributed by atoms with Gasteiger partial charge in [-0.3, -0.25) is 0 Å². The highest BCUT2D eigenvalue weighted by molar-refractivity contribution is 5.94. The molecule has 0 unspecified atom stereocenters. The molecule has 0 aliphatic heterocycles. The summed E-state index contributed by atoms with van der Waals surface area (Å²) < 4.78 is 53.5. The van der Waals surface area contributed by atoms with Gasteiger partial charge in [-0.25, -0.2) is 17.6 Å². The molecule has 0 amide bonds. The van der Waals surface area contributed by atoms with Crippen LogP contribution in [0.5, 0.6) is 0 Å². The maximum Gasteiger partial charge on any atom is 0.199 e. The summed E-state index contributed by atoms with van der Waals surface area (Å²) in [4.78, 5) is 10.9. The molecule has 0 aliphatic rings. The minimum atomic E-state index is -2.21. The van der Waals surface area contributed by atoms with Gasteiger partial charge in [0.25, 0.3) is 0 Å². The van der Waals surface area contributed by atoms with E-state index in [0.717, 1.165) is 5.56 Å². The Balaban J connectivity index is 2.64. The molecule has 21 heavy (non-hydrogen) atoms. The maximum atomic E-state index is 13.7. The van der Waals surface area contributed by atoms with Crippen LogP contribution in [0.4, 0.5) is 28.9 Å². The molecule has 2 aromatic rings. The van der Waals surface area contributed by atoms with Crippen molar-refractivity contribution in [1.82, 2.24) is 0 Å². The standard InChI is InChI=1S/C14H9F4NO2/c1-6-3-2-4-7(5-6)19-13-8(14(20)21)9(15)10(16)11(17)12(13)18/h2-5,19H,1H3,(H,20,21)/p-1. The maximum absolute atomic E-state index is 13.7. The summed E-state index contributed by atoms with van der Waals surface area (Å²) in [5, 5.41) is 13.1. The molecule has 0 atom stereocenters. The molecule has 2 aromatic carbocycles. The molecule has 2 rings (SSSR count). The Hall–Kier alpha value is -2.57. The van der Waals surface area contributed by atoms with E-state index < -0.39 is 40.5 Å². The highest BCUT2D eigenvalue weighted by Gasteiger charge is 2.26. The van der Waals surface area contributed by atoms with Crippen molar-refractivity contribution in [3.05, 3.63) is 58.7 Å². The zero-order chi connectivity index (χ0) is 15.7. The number of anilines is 2. The van der Waals surface area contributed by atoms with E-state index in [1.54, 1.807) is 19.1 Å². The lowest BCUT2D eigenvalue weighted by molar-refractivity contribution is -0.255. The van der Waals surface area contributed by atoms with E-state index >= 15 is 0 Å². The highest BCUT2D eigenvalue weighted by atomic mass is 19.2. The van der Waals surface area contributed by atoms with Crippen LogP contribution >= 0.6 is 0 Å². The average Bonchev–Trinajstić information content (AvgIpc) is 2.42. The van der Waals surface area contributed by atoms with Gasteiger partial charge < -0.3 is 15.2 Å². The third-order valence-corrected chi connectivity index (χ3v) is 2.76. The number of halogens is 4. The fraction of sp³-hybridized carbons (Fsp3) is 0.0714. The zero-order valence-corrected chi connectivity index (χ0v) is 10.6. The van der Waals surface area contributed by atoms with Crippen LogP contribution in [0, 0.1) is 30.2 Å².